The van der Waals surface area contributed by atoms with Gasteiger partial charge in [0, 0.05) is 26.1 Å². The van der Waals surface area contributed by atoms with Crippen molar-refractivity contribution in [1.82, 2.24) is 9.80 Å². The first-order valence-electron chi connectivity index (χ1n) is 11.1. The van der Waals surface area contributed by atoms with Crippen molar-refractivity contribution in [3.63, 3.8) is 0 Å². The van der Waals surface area contributed by atoms with E-state index in [0.717, 1.165) is 5.56 Å². The monoisotopic (exact) mass is 474 g/mol. The van der Waals surface area contributed by atoms with E-state index in [4.69, 9.17) is 25.8 Å². The molecule has 2 aromatic rings. The molecule has 8 heteroatoms. The van der Waals surface area contributed by atoms with E-state index < -0.39 is 17.8 Å². The van der Waals surface area contributed by atoms with Gasteiger partial charge in [0.1, 0.15) is 18.0 Å². The van der Waals surface area contributed by atoms with Gasteiger partial charge in [-0.2, -0.15) is 0 Å². The molecule has 1 heterocycles. The number of benzene rings is 2. The smallest absolute Gasteiger partial charge is 0.410 e. The van der Waals surface area contributed by atoms with Crippen molar-refractivity contribution in [3.8, 4) is 5.75 Å². The summed E-state index contributed by atoms with van der Waals surface area (Å²) in [5.74, 6) is 0.581. The van der Waals surface area contributed by atoms with E-state index in [1.807, 2.05) is 63.2 Å². The number of ether oxygens (including phenoxy) is 3. The summed E-state index contributed by atoms with van der Waals surface area (Å²) in [6.45, 7) is 7.08. The van der Waals surface area contributed by atoms with Gasteiger partial charge < -0.3 is 24.0 Å². The minimum absolute atomic E-state index is 0.201. The Morgan fingerprint density at radius 3 is 2.39 bits per heavy atom. The first-order valence-corrected chi connectivity index (χ1v) is 11.4. The van der Waals surface area contributed by atoms with Gasteiger partial charge in [-0.1, -0.05) is 54.1 Å². The minimum atomic E-state index is -0.610. The number of nitrogens with zero attached hydrogens (tertiary/aromatic N) is 2. The number of rotatable bonds is 6. The van der Waals surface area contributed by atoms with Crippen LogP contribution in [-0.4, -0.2) is 59.9 Å². The van der Waals surface area contributed by atoms with Gasteiger partial charge >= 0.3 is 12.2 Å². The number of piperazine rings is 1. The molecular weight excluding hydrogens is 444 g/mol. The lowest BCUT2D eigenvalue weighted by molar-refractivity contribution is -0.00614. The fourth-order valence-electron chi connectivity index (χ4n) is 3.51. The molecule has 178 valence electrons. The summed E-state index contributed by atoms with van der Waals surface area (Å²) in [7, 11) is 0. The molecule has 1 fully saturated rings. The van der Waals surface area contributed by atoms with Crippen LogP contribution < -0.4 is 4.74 Å². The van der Waals surface area contributed by atoms with Gasteiger partial charge in [0.25, 0.3) is 0 Å². The fourth-order valence-corrected chi connectivity index (χ4v) is 3.70. The number of hydrogen-bond donors (Lipinski definition) is 0. The Balaban J connectivity index is 1.62. The van der Waals surface area contributed by atoms with Crippen LogP contribution in [0, 0.1) is 0 Å². The third-order valence-corrected chi connectivity index (χ3v) is 5.43. The fraction of sp³-hybridized carbons (Fsp3) is 0.440. The molecule has 3 rings (SSSR count). The van der Waals surface area contributed by atoms with Crippen LogP contribution in [0.4, 0.5) is 9.59 Å². The zero-order valence-corrected chi connectivity index (χ0v) is 20.1. The highest BCUT2D eigenvalue weighted by Gasteiger charge is 2.35. The van der Waals surface area contributed by atoms with Crippen molar-refractivity contribution in [2.45, 2.75) is 45.4 Å². The summed E-state index contributed by atoms with van der Waals surface area (Å²) in [5.41, 5.74) is 0.310. The van der Waals surface area contributed by atoms with E-state index in [9.17, 15) is 9.59 Å². The molecule has 0 unspecified atom stereocenters. The van der Waals surface area contributed by atoms with E-state index in [1.54, 1.807) is 21.9 Å². The first-order chi connectivity index (χ1) is 15.7. The molecule has 7 nitrogen and oxygen atoms in total. The summed E-state index contributed by atoms with van der Waals surface area (Å²) in [6.07, 6.45) is -0.297. The standard InChI is InChI=1S/C25H31ClN2O5/c1-25(2,3)33-24(30)28-15-14-27(23(29)32-18-19-9-5-4-6-10-19)17-20(28)13-16-31-22-12-8-7-11-21(22)26/h4-12,20H,13-18H2,1-3H3/t20-/m1/s1. The van der Waals surface area contributed by atoms with Crippen molar-refractivity contribution in [3.05, 3.63) is 65.2 Å². The van der Waals surface area contributed by atoms with Gasteiger partial charge in [0.2, 0.25) is 0 Å². The van der Waals surface area contributed by atoms with E-state index in [2.05, 4.69) is 0 Å². The van der Waals surface area contributed by atoms with Gasteiger partial charge in [-0.15, -0.1) is 0 Å². The Labute approximate surface area is 200 Å². The molecule has 2 aromatic carbocycles. The third-order valence-electron chi connectivity index (χ3n) is 5.12. The van der Waals surface area contributed by atoms with Crippen molar-refractivity contribution < 1.29 is 23.8 Å². The van der Waals surface area contributed by atoms with Crippen LogP contribution in [-0.2, 0) is 16.1 Å². The Kier molecular flexibility index (Phi) is 8.44. The molecule has 1 aliphatic heterocycles. The molecule has 0 aromatic heterocycles. The summed E-state index contributed by atoms with van der Waals surface area (Å²) < 4.78 is 16.9. The average Bonchev–Trinajstić information content (AvgIpc) is 2.78. The van der Waals surface area contributed by atoms with E-state index >= 15 is 0 Å². The van der Waals surface area contributed by atoms with Crippen LogP contribution in [0.3, 0.4) is 0 Å². The Morgan fingerprint density at radius 2 is 1.70 bits per heavy atom. The summed E-state index contributed by atoms with van der Waals surface area (Å²) >= 11 is 6.17. The first kappa shape index (κ1) is 24.7. The summed E-state index contributed by atoms with van der Waals surface area (Å²) in [5, 5.41) is 0.524. The number of para-hydroxylation sites is 1. The maximum atomic E-state index is 12.8. The zero-order valence-electron chi connectivity index (χ0n) is 19.3. The highest BCUT2D eigenvalue weighted by Crippen LogP contribution is 2.24. The molecule has 2 amide bonds. The number of hydrogen-bond acceptors (Lipinski definition) is 5. The lowest BCUT2D eigenvalue weighted by atomic mass is 10.1. The number of halogens is 1. The van der Waals surface area contributed by atoms with Gasteiger partial charge in [0.05, 0.1) is 17.7 Å². The lowest BCUT2D eigenvalue weighted by Gasteiger charge is -2.41. The van der Waals surface area contributed by atoms with Gasteiger partial charge in [-0.25, -0.2) is 9.59 Å². The zero-order chi connectivity index (χ0) is 23.8. The van der Waals surface area contributed by atoms with Crippen LogP contribution >= 0.6 is 11.6 Å². The van der Waals surface area contributed by atoms with Crippen molar-refractivity contribution in [2.75, 3.05) is 26.2 Å². The summed E-state index contributed by atoms with van der Waals surface area (Å²) in [4.78, 5) is 28.8. The van der Waals surface area contributed by atoms with E-state index in [-0.39, 0.29) is 12.6 Å². The van der Waals surface area contributed by atoms with Crippen molar-refractivity contribution in [1.29, 1.82) is 0 Å². The van der Waals surface area contributed by atoms with Gasteiger partial charge in [-0.05, 0) is 38.5 Å². The molecule has 0 N–H and O–H groups in total. The normalized spacial score (nSPS) is 16.3. The molecule has 0 bridgehead atoms. The molecule has 33 heavy (non-hydrogen) atoms. The maximum Gasteiger partial charge on any atom is 0.410 e. The van der Waals surface area contributed by atoms with Crippen molar-refractivity contribution in [2.24, 2.45) is 0 Å². The SMILES string of the molecule is CC(C)(C)OC(=O)N1CCN(C(=O)OCc2ccccc2)C[C@H]1CCOc1ccccc1Cl. The van der Waals surface area contributed by atoms with Crippen molar-refractivity contribution >= 4 is 23.8 Å². The van der Waals surface area contributed by atoms with Crippen LogP contribution in [0.5, 0.6) is 5.75 Å². The molecule has 0 spiro atoms. The summed E-state index contributed by atoms with van der Waals surface area (Å²) in [6, 6.07) is 16.5. The second kappa shape index (κ2) is 11.3. The second-order valence-electron chi connectivity index (χ2n) is 8.88. The quantitative estimate of drug-likeness (QED) is 0.563. The number of amides is 2. The Bertz CT molecular complexity index is 932. The molecular formula is C25H31ClN2O5. The predicted octanol–water partition coefficient (Wildman–Crippen LogP) is 5.37. The van der Waals surface area contributed by atoms with Crippen LogP contribution in [0.1, 0.15) is 32.8 Å². The maximum absolute atomic E-state index is 12.8. The lowest BCUT2D eigenvalue weighted by Crippen LogP contribution is -2.57. The topological polar surface area (TPSA) is 68.3 Å². The molecule has 1 atom stereocenters. The molecule has 1 aliphatic rings. The number of carbonyl (C=O) groups excluding carboxylic acids is 2. The van der Waals surface area contributed by atoms with E-state index in [0.29, 0.717) is 43.4 Å². The highest BCUT2D eigenvalue weighted by atomic mass is 35.5. The molecule has 1 saturated heterocycles. The van der Waals surface area contributed by atoms with Crippen LogP contribution in [0.2, 0.25) is 5.02 Å². The second-order valence-corrected chi connectivity index (χ2v) is 9.29. The average molecular weight is 475 g/mol. The van der Waals surface area contributed by atoms with Gasteiger partial charge in [-0.3, -0.25) is 0 Å². The van der Waals surface area contributed by atoms with Crippen LogP contribution in [0.15, 0.2) is 54.6 Å². The van der Waals surface area contributed by atoms with Crippen LogP contribution in [0.25, 0.3) is 0 Å². The number of carbonyl (C=O) groups is 2. The molecule has 0 saturated carbocycles. The largest absolute Gasteiger partial charge is 0.492 e. The third kappa shape index (κ3) is 7.56. The molecule has 0 aliphatic carbocycles. The Morgan fingerprint density at radius 1 is 1.00 bits per heavy atom. The van der Waals surface area contributed by atoms with Gasteiger partial charge in [0.15, 0.2) is 0 Å². The molecule has 0 radical (unpaired) electrons. The minimum Gasteiger partial charge on any atom is -0.492 e. The predicted molar refractivity (Wildman–Crippen MR) is 126 cm³/mol. The van der Waals surface area contributed by atoms with E-state index in [1.165, 1.54) is 0 Å². The highest BCUT2D eigenvalue weighted by molar-refractivity contribution is 6.32. The Hall–Kier alpha value is -2.93.